The highest BCUT2D eigenvalue weighted by molar-refractivity contribution is 5.95. The lowest BCUT2D eigenvalue weighted by Gasteiger charge is -2.34. The summed E-state index contributed by atoms with van der Waals surface area (Å²) in [5.41, 5.74) is 1.68. The van der Waals surface area contributed by atoms with Crippen molar-refractivity contribution in [2.45, 2.75) is 39.7 Å². The Morgan fingerprint density at radius 2 is 1.50 bits per heavy atom. The molecule has 1 amide bonds. The van der Waals surface area contributed by atoms with Crippen LogP contribution in [0.5, 0.6) is 23.0 Å². The van der Waals surface area contributed by atoms with Crippen LogP contribution in [0.25, 0.3) is 0 Å². The summed E-state index contributed by atoms with van der Waals surface area (Å²) in [5.74, 6) is 2.32. The van der Waals surface area contributed by atoms with E-state index in [1.165, 1.54) is 5.69 Å². The van der Waals surface area contributed by atoms with Gasteiger partial charge in [-0.15, -0.1) is 0 Å². The molecule has 0 bridgehead atoms. The molecule has 0 spiro atoms. The normalized spacial score (nSPS) is 14.1. The van der Waals surface area contributed by atoms with Crippen LogP contribution in [0.1, 0.15) is 44.0 Å². The summed E-state index contributed by atoms with van der Waals surface area (Å²) < 4.78 is 22.4. The van der Waals surface area contributed by atoms with Gasteiger partial charge in [-0.05, 0) is 70.0 Å². The maximum absolute atomic E-state index is 13.0. The quantitative estimate of drug-likeness (QED) is 0.592. The number of carbonyl (C=O) groups is 1. The molecule has 3 rings (SSSR count). The molecule has 2 aromatic rings. The van der Waals surface area contributed by atoms with Gasteiger partial charge in [-0.1, -0.05) is 0 Å². The van der Waals surface area contributed by atoms with Crippen molar-refractivity contribution in [1.29, 1.82) is 0 Å². The number of benzene rings is 2. The number of carbonyl (C=O) groups excluding carboxylic acids is 1. The topological polar surface area (TPSA) is 69.3 Å². The van der Waals surface area contributed by atoms with Crippen molar-refractivity contribution in [1.82, 2.24) is 5.32 Å². The molecular weight excluding hydrogens is 408 g/mol. The number of ether oxygens (including phenoxy) is 4. The third-order valence-corrected chi connectivity index (χ3v) is 5.44. The highest BCUT2D eigenvalue weighted by Crippen LogP contribution is 2.39. The maximum Gasteiger partial charge on any atom is 0.251 e. The number of piperidine rings is 1. The second-order valence-corrected chi connectivity index (χ2v) is 7.53. The van der Waals surface area contributed by atoms with E-state index in [9.17, 15) is 4.79 Å². The molecule has 1 saturated heterocycles. The van der Waals surface area contributed by atoms with Crippen molar-refractivity contribution >= 4 is 11.6 Å². The molecule has 1 N–H and O–H groups in total. The van der Waals surface area contributed by atoms with Gasteiger partial charge in [0.2, 0.25) is 5.75 Å². The Morgan fingerprint density at radius 3 is 2.00 bits per heavy atom. The number of nitrogens with zero attached hydrogens (tertiary/aromatic N) is 1. The van der Waals surface area contributed by atoms with Crippen LogP contribution in [0.3, 0.4) is 0 Å². The Bertz CT molecular complexity index is 849. The van der Waals surface area contributed by atoms with Crippen LogP contribution in [0.4, 0.5) is 5.69 Å². The fourth-order valence-electron chi connectivity index (χ4n) is 3.86. The molecule has 32 heavy (non-hydrogen) atoms. The zero-order valence-electron chi connectivity index (χ0n) is 19.5. The zero-order chi connectivity index (χ0) is 22.9. The second-order valence-electron chi connectivity index (χ2n) is 7.53. The van der Waals surface area contributed by atoms with Crippen molar-refractivity contribution in [2.75, 3.05) is 44.9 Å². The Labute approximate surface area is 190 Å². The molecule has 0 aliphatic carbocycles. The van der Waals surface area contributed by atoms with Crippen molar-refractivity contribution in [3.8, 4) is 23.0 Å². The maximum atomic E-state index is 13.0. The summed E-state index contributed by atoms with van der Waals surface area (Å²) in [6.07, 6.45) is 1.76. The zero-order valence-corrected chi connectivity index (χ0v) is 19.5. The lowest BCUT2D eigenvalue weighted by atomic mass is 10.0. The lowest BCUT2D eigenvalue weighted by Crippen LogP contribution is -2.44. The van der Waals surface area contributed by atoms with E-state index in [-0.39, 0.29) is 11.9 Å². The van der Waals surface area contributed by atoms with Crippen molar-refractivity contribution < 1.29 is 23.7 Å². The summed E-state index contributed by atoms with van der Waals surface area (Å²) in [5, 5.41) is 3.18. The molecule has 1 fully saturated rings. The van der Waals surface area contributed by atoms with Gasteiger partial charge in [-0.3, -0.25) is 4.79 Å². The van der Waals surface area contributed by atoms with Crippen LogP contribution in [0.2, 0.25) is 0 Å². The predicted octanol–water partition coefficient (Wildman–Crippen LogP) is 4.29. The number of anilines is 1. The average Bonchev–Trinajstić information content (AvgIpc) is 2.82. The number of rotatable bonds is 10. The van der Waals surface area contributed by atoms with Gasteiger partial charge in [-0.2, -0.15) is 0 Å². The fraction of sp³-hybridized carbons (Fsp3) is 0.480. The highest BCUT2D eigenvalue weighted by Gasteiger charge is 2.23. The van der Waals surface area contributed by atoms with Gasteiger partial charge in [-0.25, -0.2) is 0 Å². The Balaban J connectivity index is 1.66. The minimum Gasteiger partial charge on any atom is -0.497 e. The van der Waals surface area contributed by atoms with Gasteiger partial charge in [0.15, 0.2) is 11.5 Å². The summed E-state index contributed by atoms with van der Waals surface area (Å²) in [4.78, 5) is 15.4. The van der Waals surface area contributed by atoms with Crippen LogP contribution in [-0.4, -0.2) is 52.0 Å². The SMILES string of the molecule is CCOc1cc(C(=O)NC2CCN(c3ccc(OC)cc3)CC2)cc(OCC)c1OCC. The van der Waals surface area contributed by atoms with E-state index in [0.717, 1.165) is 31.7 Å². The molecule has 0 atom stereocenters. The molecule has 0 unspecified atom stereocenters. The van der Waals surface area contributed by atoms with E-state index in [1.54, 1.807) is 19.2 Å². The van der Waals surface area contributed by atoms with E-state index in [4.69, 9.17) is 18.9 Å². The number of nitrogens with one attached hydrogen (secondary N) is 1. The van der Waals surface area contributed by atoms with E-state index >= 15 is 0 Å². The smallest absolute Gasteiger partial charge is 0.251 e. The number of amides is 1. The molecule has 7 nitrogen and oxygen atoms in total. The summed E-state index contributed by atoms with van der Waals surface area (Å²) >= 11 is 0. The summed E-state index contributed by atoms with van der Waals surface area (Å²) in [6.45, 7) is 8.91. The minimum atomic E-state index is -0.127. The van der Waals surface area contributed by atoms with Gasteiger partial charge in [0.25, 0.3) is 5.91 Å². The van der Waals surface area contributed by atoms with Crippen molar-refractivity contribution in [2.24, 2.45) is 0 Å². The standard InChI is InChI=1S/C25H34N2O5/c1-5-30-22-16-18(17-23(31-6-2)24(22)32-7-3)25(28)26-19-12-14-27(15-13-19)20-8-10-21(29-4)11-9-20/h8-11,16-17,19H,5-7,12-15H2,1-4H3,(H,26,28). The predicted molar refractivity (Wildman–Crippen MR) is 126 cm³/mol. The third-order valence-electron chi connectivity index (χ3n) is 5.44. The van der Waals surface area contributed by atoms with Gasteiger partial charge < -0.3 is 29.2 Å². The molecule has 0 radical (unpaired) electrons. The minimum absolute atomic E-state index is 0.120. The van der Waals surface area contributed by atoms with Crippen molar-refractivity contribution in [3.63, 3.8) is 0 Å². The molecule has 1 aliphatic heterocycles. The number of hydrogen-bond acceptors (Lipinski definition) is 6. The summed E-state index contributed by atoms with van der Waals surface area (Å²) in [6, 6.07) is 11.7. The van der Waals surface area contributed by atoms with Crippen LogP contribution < -0.4 is 29.2 Å². The second kappa shape index (κ2) is 11.5. The van der Waals surface area contributed by atoms with Gasteiger partial charge in [0.1, 0.15) is 5.75 Å². The molecule has 0 aromatic heterocycles. The van der Waals surface area contributed by atoms with E-state index < -0.39 is 0 Å². The first kappa shape index (κ1) is 23.6. The summed E-state index contributed by atoms with van der Waals surface area (Å²) in [7, 11) is 1.67. The van der Waals surface area contributed by atoms with E-state index in [1.807, 2.05) is 32.9 Å². The largest absolute Gasteiger partial charge is 0.497 e. The number of methoxy groups -OCH3 is 1. The average molecular weight is 443 g/mol. The first-order valence-electron chi connectivity index (χ1n) is 11.4. The molecule has 0 saturated carbocycles. The van der Waals surface area contributed by atoms with Crippen LogP contribution in [0, 0.1) is 0 Å². The molecule has 1 aliphatic rings. The number of hydrogen-bond donors (Lipinski definition) is 1. The Kier molecular flexibility index (Phi) is 8.48. The Morgan fingerprint density at radius 1 is 0.938 bits per heavy atom. The molecule has 174 valence electrons. The van der Waals surface area contributed by atoms with Gasteiger partial charge in [0, 0.05) is 30.4 Å². The highest BCUT2D eigenvalue weighted by atomic mass is 16.5. The van der Waals surface area contributed by atoms with Crippen molar-refractivity contribution in [3.05, 3.63) is 42.0 Å². The van der Waals surface area contributed by atoms with E-state index in [2.05, 4.69) is 22.3 Å². The van der Waals surface area contributed by atoms with Gasteiger partial charge in [0.05, 0.1) is 26.9 Å². The van der Waals surface area contributed by atoms with Crippen LogP contribution in [0.15, 0.2) is 36.4 Å². The Hall–Kier alpha value is -3.09. The molecule has 1 heterocycles. The monoisotopic (exact) mass is 442 g/mol. The first-order valence-corrected chi connectivity index (χ1v) is 11.4. The van der Waals surface area contributed by atoms with Crippen LogP contribution >= 0.6 is 0 Å². The molecule has 7 heteroatoms. The molecule has 2 aromatic carbocycles. The first-order chi connectivity index (χ1) is 15.6. The lowest BCUT2D eigenvalue weighted by molar-refractivity contribution is 0.0930. The van der Waals surface area contributed by atoms with Gasteiger partial charge >= 0.3 is 0 Å². The van der Waals surface area contributed by atoms with Crippen LogP contribution in [-0.2, 0) is 0 Å². The van der Waals surface area contributed by atoms with E-state index in [0.29, 0.717) is 42.6 Å². The third kappa shape index (κ3) is 5.78. The molecular formula is C25H34N2O5. The fourth-order valence-corrected chi connectivity index (χ4v) is 3.86.